The quantitative estimate of drug-likeness (QED) is 0.775. The van der Waals surface area contributed by atoms with E-state index in [0.29, 0.717) is 11.3 Å². The maximum Gasteiger partial charge on any atom is 0.254 e. The van der Waals surface area contributed by atoms with Gasteiger partial charge in [-0.2, -0.15) is 0 Å². The van der Waals surface area contributed by atoms with Gasteiger partial charge in [-0.1, -0.05) is 13.8 Å². The number of nitrogens with zero attached hydrogens (tertiary/aromatic N) is 1. The van der Waals surface area contributed by atoms with E-state index in [4.69, 9.17) is 5.73 Å². The molecule has 1 aromatic rings. The van der Waals surface area contributed by atoms with Crippen molar-refractivity contribution >= 4 is 5.91 Å². The number of aromatic nitrogens is 1. The molecule has 0 fully saturated rings. The molecule has 0 unspecified atom stereocenters. The lowest BCUT2D eigenvalue weighted by atomic mass is 9.97. The Balaban J connectivity index is 3.56. The first-order valence-corrected chi connectivity index (χ1v) is 4.86. The molecule has 1 rings (SSSR count). The number of aromatic hydroxyl groups is 1. The molecule has 0 aromatic carbocycles. The highest BCUT2D eigenvalue weighted by atomic mass is 16.3. The lowest BCUT2D eigenvalue weighted by Crippen LogP contribution is -2.16. The number of primary amides is 1. The van der Waals surface area contributed by atoms with Gasteiger partial charge in [0.15, 0.2) is 0 Å². The zero-order valence-corrected chi connectivity index (χ0v) is 9.46. The van der Waals surface area contributed by atoms with Crippen LogP contribution in [0.15, 0.2) is 0 Å². The van der Waals surface area contributed by atoms with Gasteiger partial charge in [0.25, 0.3) is 5.91 Å². The Labute approximate surface area is 89.1 Å². The Bertz CT molecular complexity index is 412. The summed E-state index contributed by atoms with van der Waals surface area (Å²) in [5.41, 5.74) is 7.23. The van der Waals surface area contributed by atoms with Gasteiger partial charge in [-0.25, -0.2) is 0 Å². The molecule has 1 aromatic heterocycles. The van der Waals surface area contributed by atoms with Crippen LogP contribution in [0.2, 0.25) is 0 Å². The van der Waals surface area contributed by atoms with Crippen LogP contribution in [0.1, 0.15) is 47.1 Å². The molecule has 0 saturated carbocycles. The maximum absolute atomic E-state index is 11.2. The molecule has 1 amide bonds. The summed E-state index contributed by atoms with van der Waals surface area (Å²) in [7, 11) is 0. The number of aryl methyl sites for hydroxylation is 2. The van der Waals surface area contributed by atoms with Crippen molar-refractivity contribution in [2.45, 2.75) is 33.6 Å². The second kappa shape index (κ2) is 3.88. The smallest absolute Gasteiger partial charge is 0.254 e. The molecule has 82 valence electrons. The van der Waals surface area contributed by atoms with Crippen LogP contribution in [0.25, 0.3) is 0 Å². The lowest BCUT2D eigenvalue weighted by molar-refractivity contribution is 0.0996. The summed E-state index contributed by atoms with van der Waals surface area (Å²) < 4.78 is 0. The third-order valence-electron chi connectivity index (χ3n) is 2.40. The number of rotatable bonds is 2. The van der Waals surface area contributed by atoms with Crippen LogP contribution < -0.4 is 5.73 Å². The molecule has 0 aliphatic carbocycles. The molecule has 0 saturated heterocycles. The monoisotopic (exact) mass is 208 g/mol. The Kier molecular flexibility index (Phi) is 2.98. The Morgan fingerprint density at radius 3 is 2.27 bits per heavy atom. The molecule has 4 heteroatoms. The third-order valence-corrected chi connectivity index (χ3v) is 2.40. The van der Waals surface area contributed by atoms with E-state index in [-0.39, 0.29) is 17.2 Å². The molecule has 15 heavy (non-hydrogen) atoms. The fourth-order valence-corrected chi connectivity index (χ4v) is 1.83. The predicted octanol–water partition coefficient (Wildman–Crippen LogP) is 1.63. The summed E-state index contributed by atoms with van der Waals surface area (Å²) in [4.78, 5) is 15.4. The minimum atomic E-state index is -0.639. The molecular weight excluding hydrogens is 192 g/mol. The average molecular weight is 208 g/mol. The van der Waals surface area contributed by atoms with Crippen LogP contribution in [0, 0.1) is 13.8 Å². The molecule has 0 radical (unpaired) electrons. The van der Waals surface area contributed by atoms with Crippen molar-refractivity contribution in [3.63, 3.8) is 0 Å². The summed E-state index contributed by atoms with van der Waals surface area (Å²) in [6.07, 6.45) is 0. The number of carbonyl (C=O) groups excluding carboxylic acids is 1. The van der Waals surface area contributed by atoms with Crippen LogP contribution in [-0.2, 0) is 0 Å². The maximum atomic E-state index is 11.2. The summed E-state index contributed by atoms with van der Waals surface area (Å²) >= 11 is 0. The van der Waals surface area contributed by atoms with Crippen LogP contribution in [0.3, 0.4) is 0 Å². The predicted molar refractivity (Wildman–Crippen MR) is 58.0 cm³/mol. The third kappa shape index (κ3) is 1.93. The Morgan fingerprint density at radius 1 is 1.33 bits per heavy atom. The largest absolute Gasteiger partial charge is 0.507 e. The highest BCUT2D eigenvalue weighted by molar-refractivity contribution is 5.97. The van der Waals surface area contributed by atoms with E-state index in [1.54, 1.807) is 6.92 Å². The molecular formula is C11H16N2O2. The van der Waals surface area contributed by atoms with Gasteiger partial charge in [-0.05, 0) is 19.8 Å². The number of pyridine rings is 1. The first-order valence-electron chi connectivity index (χ1n) is 4.86. The number of hydrogen-bond donors (Lipinski definition) is 2. The van der Waals surface area contributed by atoms with E-state index >= 15 is 0 Å². The topological polar surface area (TPSA) is 76.2 Å². The van der Waals surface area contributed by atoms with Crippen molar-refractivity contribution in [2.75, 3.05) is 0 Å². The van der Waals surface area contributed by atoms with Gasteiger partial charge < -0.3 is 10.8 Å². The van der Waals surface area contributed by atoms with E-state index in [1.807, 2.05) is 20.8 Å². The van der Waals surface area contributed by atoms with Crippen LogP contribution in [0.4, 0.5) is 0 Å². The van der Waals surface area contributed by atoms with Gasteiger partial charge >= 0.3 is 0 Å². The molecule has 4 nitrogen and oxygen atoms in total. The normalized spacial score (nSPS) is 10.7. The fraction of sp³-hybridized carbons (Fsp3) is 0.455. The van der Waals surface area contributed by atoms with Gasteiger partial charge in [0.1, 0.15) is 11.3 Å². The molecule has 1 heterocycles. The highest BCUT2D eigenvalue weighted by Crippen LogP contribution is 2.32. The molecule has 0 atom stereocenters. The van der Waals surface area contributed by atoms with E-state index in [9.17, 15) is 9.90 Å². The summed E-state index contributed by atoms with van der Waals surface area (Å²) in [6.45, 7) is 7.34. The van der Waals surface area contributed by atoms with Crippen molar-refractivity contribution in [3.8, 4) is 5.75 Å². The van der Waals surface area contributed by atoms with Crippen molar-refractivity contribution in [1.82, 2.24) is 4.98 Å². The SMILES string of the molecule is Cc1nc(C)c(C(C)C)c(O)c1C(N)=O. The highest BCUT2D eigenvalue weighted by Gasteiger charge is 2.20. The minimum Gasteiger partial charge on any atom is -0.507 e. The average Bonchev–Trinajstić information content (AvgIpc) is 1.99. The first kappa shape index (κ1) is 11.5. The second-order valence-electron chi connectivity index (χ2n) is 3.94. The summed E-state index contributed by atoms with van der Waals surface area (Å²) in [5, 5.41) is 9.95. The van der Waals surface area contributed by atoms with E-state index in [2.05, 4.69) is 4.98 Å². The fourth-order valence-electron chi connectivity index (χ4n) is 1.83. The Morgan fingerprint density at radius 2 is 1.87 bits per heavy atom. The zero-order valence-electron chi connectivity index (χ0n) is 9.46. The van der Waals surface area contributed by atoms with Gasteiger partial charge in [-0.15, -0.1) is 0 Å². The van der Waals surface area contributed by atoms with Crippen LogP contribution in [-0.4, -0.2) is 16.0 Å². The molecule has 0 aliphatic heterocycles. The summed E-state index contributed by atoms with van der Waals surface area (Å²) in [5.74, 6) is -0.557. The van der Waals surface area contributed by atoms with Crippen molar-refractivity contribution < 1.29 is 9.90 Å². The number of carbonyl (C=O) groups is 1. The number of hydrogen-bond acceptors (Lipinski definition) is 3. The van der Waals surface area contributed by atoms with E-state index < -0.39 is 5.91 Å². The van der Waals surface area contributed by atoms with Crippen molar-refractivity contribution in [2.24, 2.45) is 5.73 Å². The zero-order chi connectivity index (χ0) is 11.7. The molecule has 0 aliphatic rings. The second-order valence-corrected chi connectivity index (χ2v) is 3.94. The molecule has 3 N–H and O–H groups in total. The van der Waals surface area contributed by atoms with Crippen LogP contribution >= 0.6 is 0 Å². The van der Waals surface area contributed by atoms with Gasteiger partial charge in [0.05, 0.1) is 5.69 Å². The van der Waals surface area contributed by atoms with Crippen molar-refractivity contribution in [3.05, 3.63) is 22.5 Å². The van der Waals surface area contributed by atoms with Crippen LogP contribution in [0.5, 0.6) is 5.75 Å². The number of amides is 1. The first-order chi connectivity index (χ1) is 6.86. The molecule has 0 bridgehead atoms. The van der Waals surface area contributed by atoms with E-state index in [0.717, 1.165) is 5.69 Å². The number of nitrogens with two attached hydrogens (primary N) is 1. The van der Waals surface area contributed by atoms with E-state index in [1.165, 1.54) is 0 Å². The van der Waals surface area contributed by atoms with Gasteiger partial charge in [0, 0.05) is 11.3 Å². The molecule has 0 spiro atoms. The van der Waals surface area contributed by atoms with Gasteiger partial charge in [0.2, 0.25) is 0 Å². The standard InChI is InChI=1S/C11H16N2O2/c1-5(2)8-6(3)13-7(4)9(10(8)14)11(12)15/h5H,1-4H3,(H2,12,15)(H,13,14). The van der Waals surface area contributed by atoms with Gasteiger partial charge in [-0.3, -0.25) is 9.78 Å². The lowest BCUT2D eigenvalue weighted by Gasteiger charge is -2.15. The summed E-state index contributed by atoms with van der Waals surface area (Å²) in [6, 6.07) is 0. The van der Waals surface area contributed by atoms with Crippen molar-refractivity contribution in [1.29, 1.82) is 0 Å². The minimum absolute atomic E-state index is 0.0255. The Hall–Kier alpha value is -1.58.